The van der Waals surface area contributed by atoms with Crippen LogP contribution < -0.4 is 22.7 Å². The fraction of sp³-hybridized carbons (Fsp3) is 0.375. The number of halogens is 4. The molecule has 5 rings (SSSR count). The van der Waals surface area contributed by atoms with Crippen molar-refractivity contribution in [2.45, 2.75) is 18.0 Å². The highest BCUT2D eigenvalue weighted by atomic mass is 127. The van der Waals surface area contributed by atoms with Crippen molar-refractivity contribution in [3.8, 4) is 11.3 Å². The van der Waals surface area contributed by atoms with Crippen LogP contribution in [0.15, 0.2) is 46.1 Å². The van der Waals surface area contributed by atoms with Gasteiger partial charge in [0.25, 0.3) is 0 Å². The number of nitrogens with one attached hydrogen (secondary N) is 1. The zero-order valence-electron chi connectivity index (χ0n) is 20.2. The van der Waals surface area contributed by atoms with E-state index in [4.69, 9.17) is 8.68 Å². The number of aromatic amines is 1. The van der Waals surface area contributed by atoms with E-state index in [0.29, 0.717) is 41.8 Å². The molecule has 4 heterocycles. The number of fused-ring (bicyclic) bond motifs is 1. The van der Waals surface area contributed by atoms with Gasteiger partial charge in [0, 0.05) is 36.9 Å². The third-order valence-corrected chi connectivity index (χ3v) is 11.5. The summed E-state index contributed by atoms with van der Waals surface area (Å²) < 4.78 is 55.2. The van der Waals surface area contributed by atoms with Gasteiger partial charge in [-0.2, -0.15) is 27.5 Å². The van der Waals surface area contributed by atoms with E-state index in [1.165, 1.54) is 0 Å². The minimum absolute atomic E-state index is 0.215. The van der Waals surface area contributed by atoms with Gasteiger partial charge in [0.05, 0.1) is 24.4 Å². The van der Waals surface area contributed by atoms with Crippen LogP contribution in [-0.2, 0) is 16.3 Å². The predicted molar refractivity (Wildman–Crippen MR) is 128 cm³/mol. The molecule has 0 radical (unpaired) electrons. The molecule has 1 aromatic carbocycles. The Morgan fingerprint density at radius 2 is 2.03 bits per heavy atom. The van der Waals surface area contributed by atoms with Gasteiger partial charge in [-0.3, -0.25) is 15.1 Å². The number of benzene rings is 1. The minimum atomic E-state index is -4.62. The Labute approximate surface area is 211 Å². The molecule has 0 spiro atoms. The van der Waals surface area contributed by atoms with Gasteiger partial charge in [0.15, 0.2) is 0 Å². The Bertz CT molecular complexity index is 1360. The van der Waals surface area contributed by atoms with Crippen molar-refractivity contribution in [3.63, 3.8) is 0 Å². The van der Waals surface area contributed by atoms with Crippen LogP contribution >= 0.6 is 0 Å². The fourth-order valence-electron chi connectivity index (χ4n) is 4.59. The highest BCUT2D eigenvalue weighted by Crippen LogP contribution is 2.39. The highest BCUT2D eigenvalue weighted by Gasteiger charge is 2.43. The normalized spacial score (nSPS) is 19.2. The first-order valence-corrected chi connectivity index (χ1v) is 16.9. The molecule has 194 valence electrons. The van der Waals surface area contributed by atoms with Crippen molar-refractivity contribution in [3.05, 3.63) is 56.0 Å². The lowest BCUT2D eigenvalue weighted by atomic mass is 9.75. The van der Waals surface area contributed by atoms with Gasteiger partial charge < -0.3 is 32.3 Å². The van der Waals surface area contributed by atoms with Gasteiger partial charge in [0.2, 0.25) is 0 Å². The molecule has 2 aliphatic rings. The summed E-state index contributed by atoms with van der Waals surface area (Å²) in [6.45, 7) is 5.55. The van der Waals surface area contributed by atoms with Crippen molar-refractivity contribution in [1.29, 1.82) is 0 Å². The van der Waals surface area contributed by atoms with Crippen LogP contribution in [-0.4, -0.2) is 69.8 Å². The second-order valence-corrected chi connectivity index (χ2v) is 16.9. The van der Waals surface area contributed by atoms with Crippen LogP contribution in [0.25, 0.3) is 22.2 Å². The molecule has 3 aromatic rings. The zero-order chi connectivity index (χ0) is 25.9. The van der Waals surface area contributed by atoms with E-state index < -0.39 is 30.6 Å². The van der Waals surface area contributed by atoms with Crippen LogP contribution in [0.2, 0.25) is 0 Å². The minimum Gasteiger partial charge on any atom is -0.412 e. The van der Waals surface area contributed by atoms with Gasteiger partial charge in [-0.05, 0) is 21.4 Å². The van der Waals surface area contributed by atoms with Crippen molar-refractivity contribution in [2.24, 2.45) is 9.05 Å². The number of rotatable bonds is 6. The van der Waals surface area contributed by atoms with Crippen LogP contribution in [0.4, 0.5) is 13.2 Å². The van der Waals surface area contributed by atoms with Gasteiger partial charge in [0.1, 0.15) is 18.2 Å². The van der Waals surface area contributed by atoms with E-state index in [2.05, 4.69) is 31.8 Å². The van der Waals surface area contributed by atoms with E-state index in [0.717, 1.165) is 24.1 Å². The first-order chi connectivity index (χ1) is 16.9. The largest absolute Gasteiger partial charge is 0.433 e. The molecular formula is C24H28F3IN7O-. The molecule has 0 bridgehead atoms. The number of hydrazone groups is 1. The lowest BCUT2D eigenvalue weighted by molar-refractivity contribution is -1.05. The Hall–Kier alpha value is -2.71. The summed E-state index contributed by atoms with van der Waals surface area (Å²) >= 11 is -3.43. The summed E-state index contributed by atoms with van der Waals surface area (Å²) in [5.74, 6) is 0.972. The second kappa shape index (κ2) is 8.70. The highest BCUT2D eigenvalue weighted by molar-refractivity contribution is 5.93. The van der Waals surface area contributed by atoms with Crippen LogP contribution in [0.3, 0.4) is 0 Å². The van der Waals surface area contributed by atoms with Crippen molar-refractivity contribution >= 4 is 16.7 Å². The number of amidine groups is 1. The summed E-state index contributed by atoms with van der Waals surface area (Å²) in [6, 6.07) is 8.81. The number of alkyl halides is 4. The number of ether oxygens (including phenoxy) is 1. The van der Waals surface area contributed by atoms with Crippen molar-refractivity contribution in [2.75, 3.05) is 38.9 Å². The van der Waals surface area contributed by atoms with Gasteiger partial charge in [-0.15, -0.1) is 11.5 Å². The Morgan fingerprint density at radius 3 is 2.61 bits per heavy atom. The standard InChI is InChI=1S/C24H28F3IN7O/c1-5-28(2,29)22-21-17(10-18(30-22)24(25,26)27)20(31-32-21)15-7-6-8-16(9-15)23(12-36-13-23)11-19-33-35(4)14-34(19)3/h5-10H,1,11-14,29H2,2-4H3,(H,31,32)/q-1. The number of nitrogens with zero attached hydrogens (tertiary/aromatic N) is 5. The molecule has 12 heteroatoms. The zero-order valence-corrected chi connectivity index (χ0v) is 22.4. The van der Waals surface area contributed by atoms with E-state index >= 15 is 0 Å². The molecule has 3 N–H and O–H groups in total. The van der Waals surface area contributed by atoms with E-state index in [1.807, 2.05) is 43.4 Å². The first-order valence-electron chi connectivity index (χ1n) is 11.2. The Morgan fingerprint density at radius 1 is 1.28 bits per heavy atom. The number of H-pyrrole nitrogens is 1. The molecule has 2 aromatic heterocycles. The molecule has 36 heavy (non-hydrogen) atoms. The molecule has 1 atom stereocenters. The lowest BCUT2D eigenvalue weighted by Crippen LogP contribution is -4.09. The summed E-state index contributed by atoms with van der Waals surface area (Å²) in [4.78, 5) is 7.76. The lowest BCUT2D eigenvalue weighted by Gasteiger charge is -2.42. The maximum absolute atomic E-state index is 13.8. The number of hydrogen-bond acceptors (Lipinski definition) is 7. The van der Waals surface area contributed by atoms with E-state index in [9.17, 15) is 13.2 Å². The summed E-state index contributed by atoms with van der Waals surface area (Å²) in [6.07, 6.45) is -3.92. The Balaban J connectivity index is 1.61. The van der Waals surface area contributed by atoms with Crippen molar-refractivity contribution < 1.29 is 36.6 Å². The van der Waals surface area contributed by atoms with Crippen LogP contribution in [0.1, 0.15) is 17.7 Å². The summed E-state index contributed by atoms with van der Waals surface area (Å²) in [5, 5.41) is 14.2. The maximum atomic E-state index is 13.8. The monoisotopic (exact) mass is 614 g/mol. The molecule has 0 amide bonds. The van der Waals surface area contributed by atoms with Gasteiger partial charge in [-0.25, -0.2) is 0 Å². The number of nitrogens with two attached hydrogens (primary N) is 1. The average molecular weight is 614 g/mol. The van der Waals surface area contributed by atoms with E-state index in [-0.39, 0.29) is 9.12 Å². The number of hydrogen-bond donors (Lipinski definition) is 2. The first kappa shape index (κ1) is 25.0. The van der Waals surface area contributed by atoms with Crippen LogP contribution in [0, 0.1) is 3.70 Å². The molecule has 0 saturated carbocycles. The topological polar surface area (TPSA) is 95.7 Å². The van der Waals surface area contributed by atoms with Gasteiger partial charge in [-0.1, -0.05) is 18.2 Å². The predicted octanol–water partition coefficient (Wildman–Crippen LogP) is 0.427. The summed E-state index contributed by atoms with van der Waals surface area (Å²) in [5.41, 5.74) is 1.34. The molecule has 0 unspecified atom stereocenters. The SMILES string of the molecule is C=C[I@-](C)(N)c1nc(C(F)(F)F)cc2c(-c3cccc(C4(CC5=NN(C)CN5C)COC4)c3)n[nH]c12. The van der Waals surface area contributed by atoms with Crippen molar-refractivity contribution in [1.82, 2.24) is 25.1 Å². The summed E-state index contributed by atoms with van der Waals surface area (Å²) in [7, 11) is 3.93. The molecule has 8 nitrogen and oxygen atoms in total. The molecular weight excluding hydrogens is 586 g/mol. The maximum Gasteiger partial charge on any atom is 0.433 e. The Kier molecular flexibility index (Phi) is 6.03. The van der Waals surface area contributed by atoms with Gasteiger partial charge >= 0.3 is 6.18 Å². The second-order valence-electron chi connectivity index (χ2n) is 9.46. The van der Waals surface area contributed by atoms with Crippen LogP contribution in [0.5, 0.6) is 0 Å². The molecule has 0 aliphatic carbocycles. The fourth-order valence-corrected chi connectivity index (χ4v) is 7.36. The number of pyridine rings is 1. The molecule has 2 aliphatic heterocycles. The third kappa shape index (κ3) is 4.24. The quantitative estimate of drug-likeness (QED) is 0.181. The third-order valence-electron chi connectivity index (χ3n) is 6.65. The smallest absolute Gasteiger partial charge is 0.412 e. The average Bonchev–Trinajstić information content (AvgIpc) is 3.37. The molecule has 1 fully saturated rings. The molecule has 1 saturated heterocycles. The number of aromatic nitrogens is 3. The van der Waals surface area contributed by atoms with E-state index in [1.54, 1.807) is 9.01 Å².